The third kappa shape index (κ3) is 5.06. The molecule has 0 fully saturated rings. The number of nitrogens with zero attached hydrogens (tertiary/aromatic N) is 1. The number of benzene rings is 2. The third-order valence-corrected chi connectivity index (χ3v) is 6.06. The Labute approximate surface area is 162 Å². The molecule has 0 saturated carbocycles. The van der Waals surface area contributed by atoms with Gasteiger partial charge in [0.15, 0.2) is 0 Å². The van der Waals surface area contributed by atoms with Crippen molar-refractivity contribution in [3.8, 4) is 5.75 Å². The summed E-state index contributed by atoms with van der Waals surface area (Å²) < 4.78 is 31.9. The highest BCUT2D eigenvalue weighted by Crippen LogP contribution is 2.25. The molecule has 6 nitrogen and oxygen atoms in total. The van der Waals surface area contributed by atoms with Crippen LogP contribution in [0.5, 0.6) is 5.75 Å². The standard InChI is InChI=1S/C18H21BrN2O4S/c1-21(2)26(23,24)16-8-9-17(25-3)13(11-16)7-10-18(22)20-15-6-4-5-14(19)12-15/h4-6,8-9,11-12H,7,10H2,1-3H3,(H,20,22). The van der Waals surface area contributed by atoms with E-state index in [1.54, 1.807) is 18.2 Å². The van der Waals surface area contributed by atoms with Gasteiger partial charge in [0.05, 0.1) is 12.0 Å². The summed E-state index contributed by atoms with van der Waals surface area (Å²) in [5.41, 5.74) is 1.36. The van der Waals surface area contributed by atoms with E-state index in [-0.39, 0.29) is 17.2 Å². The second kappa shape index (κ2) is 8.66. The lowest BCUT2D eigenvalue weighted by atomic mass is 10.1. The van der Waals surface area contributed by atoms with Crippen molar-refractivity contribution in [1.29, 1.82) is 0 Å². The number of sulfonamides is 1. The second-order valence-electron chi connectivity index (χ2n) is 5.82. The van der Waals surface area contributed by atoms with Crippen LogP contribution in [-0.2, 0) is 21.2 Å². The number of amides is 1. The molecule has 2 aromatic rings. The molecule has 0 saturated heterocycles. The van der Waals surface area contributed by atoms with E-state index >= 15 is 0 Å². The Kier molecular flexibility index (Phi) is 6.80. The van der Waals surface area contributed by atoms with Crippen LogP contribution in [0, 0.1) is 0 Å². The fraction of sp³-hybridized carbons (Fsp3) is 0.278. The highest BCUT2D eigenvalue weighted by atomic mass is 79.9. The maximum Gasteiger partial charge on any atom is 0.242 e. The molecule has 0 radical (unpaired) electrons. The van der Waals surface area contributed by atoms with E-state index in [4.69, 9.17) is 4.74 Å². The Hall–Kier alpha value is -1.90. The van der Waals surface area contributed by atoms with Gasteiger partial charge in [-0.1, -0.05) is 22.0 Å². The first-order chi connectivity index (χ1) is 12.2. The molecule has 0 atom stereocenters. The van der Waals surface area contributed by atoms with E-state index in [9.17, 15) is 13.2 Å². The van der Waals surface area contributed by atoms with Gasteiger partial charge in [-0.25, -0.2) is 12.7 Å². The maximum atomic E-state index is 12.3. The third-order valence-electron chi connectivity index (χ3n) is 3.76. The summed E-state index contributed by atoms with van der Waals surface area (Å²) in [6, 6.07) is 12.0. The minimum atomic E-state index is -3.54. The number of carbonyl (C=O) groups excluding carboxylic acids is 1. The molecule has 0 aliphatic heterocycles. The van der Waals surface area contributed by atoms with Crippen LogP contribution >= 0.6 is 15.9 Å². The van der Waals surface area contributed by atoms with Crippen molar-refractivity contribution in [1.82, 2.24) is 4.31 Å². The molecule has 1 N–H and O–H groups in total. The Morgan fingerprint density at radius 1 is 1.19 bits per heavy atom. The number of rotatable bonds is 7. The SMILES string of the molecule is COc1ccc(S(=O)(=O)N(C)C)cc1CCC(=O)Nc1cccc(Br)c1. The van der Waals surface area contributed by atoms with Crippen molar-refractivity contribution in [2.45, 2.75) is 17.7 Å². The smallest absolute Gasteiger partial charge is 0.242 e. The van der Waals surface area contributed by atoms with Crippen LogP contribution in [0.15, 0.2) is 51.8 Å². The highest BCUT2D eigenvalue weighted by molar-refractivity contribution is 9.10. The van der Waals surface area contributed by atoms with Gasteiger partial charge in [-0.3, -0.25) is 4.79 Å². The van der Waals surface area contributed by atoms with E-state index in [2.05, 4.69) is 21.2 Å². The van der Waals surface area contributed by atoms with Gasteiger partial charge >= 0.3 is 0 Å². The number of aryl methyl sites for hydroxylation is 1. The highest BCUT2D eigenvalue weighted by Gasteiger charge is 2.19. The van der Waals surface area contributed by atoms with E-state index in [1.165, 1.54) is 27.3 Å². The minimum Gasteiger partial charge on any atom is -0.496 e. The molecule has 26 heavy (non-hydrogen) atoms. The molecular formula is C18H21BrN2O4S. The number of hydrogen-bond donors (Lipinski definition) is 1. The summed E-state index contributed by atoms with van der Waals surface area (Å²) >= 11 is 3.36. The van der Waals surface area contributed by atoms with Crippen molar-refractivity contribution >= 4 is 37.5 Å². The maximum absolute atomic E-state index is 12.3. The monoisotopic (exact) mass is 440 g/mol. The normalized spacial score (nSPS) is 11.4. The summed E-state index contributed by atoms with van der Waals surface area (Å²) in [6.07, 6.45) is 0.564. The van der Waals surface area contributed by atoms with Gasteiger partial charge in [-0.15, -0.1) is 0 Å². The Bertz CT molecular complexity index is 898. The number of hydrogen-bond acceptors (Lipinski definition) is 4. The minimum absolute atomic E-state index is 0.161. The Morgan fingerprint density at radius 2 is 1.92 bits per heavy atom. The van der Waals surface area contributed by atoms with Crippen molar-refractivity contribution in [3.05, 3.63) is 52.5 Å². The quantitative estimate of drug-likeness (QED) is 0.716. The van der Waals surface area contributed by atoms with Gasteiger partial charge < -0.3 is 10.1 Å². The predicted octanol–water partition coefficient (Wildman–Crippen LogP) is 3.28. The molecule has 0 bridgehead atoms. The molecule has 1 amide bonds. The van der Waals surface area contributed by atoms with E-state index in [1.807, 2.05) is 18.2 Å². The first-order valence-corrected chi connectivity index (χ1v) is 10.1. The van der Waals surface area contributed by atoms with Crippen LogP contribution in [0.25, 0.3) is 0 Å². The number of ether oxygens (including phenoxy) is 1. The van der Waals surface area contributed by atoms with Crippen molar-refractivity contribution < 1.29 is 17.9 Å². The van der Waals surface area contributed by atoms with Crippen LogP contribution in [0.2, 0.25) is 0 Å². The molecule has 0 aromatic heterocycles. The van der Waals surface area contributed by atoms with Crippen LogP contribution in [0.4, 0.5) is 5.69 Å². The molecule has 0 unspecified atom stereocenters. The number of nitrogens with one attached hydrogen (secondary N) is 1. The summed E-state index contributed by atoms with van der Waals surface area (Å²) in [6.45, 7) is 0. The summed E-state index contributed by atoms with van der Waals surface area (Å²) in [5.74, 6) is 0.393. The topological polar surface area (TPSA) is 75.7 Å². The van der Waals surface area contributed by atoms with Crippen LogP contribution in [0.1, 0.15) is 12.0 Å². The van der Waals surface area contributed by atoms with Crippen LogP contribution < -0.4 is 10.1 Å². The predicted molar refractivity (Wildman–Crippen MR) is 105 cm³/mol. The van der Waals surface area contributed by atoms with E-state index in [0.29, 0.717) is 23.4 Å². The van der Waals surface area contributed by atoms with Crippen molar-refractivity contribution in [3.63, 3.8) is 0 Å². The van der Waals surface area contributed by atoms with Gasteiger partial charge in [0.1, 0.15) is 5.75 Å². The van der Waals surface area contributed by atoms with Crippen LogP contribution in [-0.4, -0.2) is 39.8 Å². The van der Waals surface area contributed by atoms with E-state index in [0.717, 1.165) is 8.78 Å². The number of anilines is 1. The molecule has 0 aliphatic rings. The number of methoxy groups -OCH3 is 1. The molecule has 8 heteroatoms. The molecule has 140 valence electrons. The first kappa shape index (κ1) is 20.4. The lowest BCUT2D eigenvalue weighted by Gasteiger charge is -2.14. The molecule has 0 heterocycles. The summed E-state index contributed by atoms with van der Waals surface area (Å²) in [5, 5.41) is 2.82. The summed E-state index contributed by atoms with van der Waals surface area (Å²) in [4.78, 5) is 12.4. The van der Waals surface area contributed by atoms with Crippen molar-refractivity contribution in [2.24, 2.45) is 0 Å². The lowest BCUT2D eigenvalue weighted by molar-refractivity contribution is -0.116. The second-order valence-corrected chi connectivity index (χ2v) is 8.89. The fourth-order valence-electron chi connectivity index (χ4n) is 2.36. The average molecular weight is 441 g/mol. The van der Waals surface area contributed by atoms with Gasteiger partial charge in [0.25, 0.3) is 0 Å². The van der Waals surface area contributed by atoms with Crippen LogP contribution in [0.3, 0.4) is 0 Å². The zero-order valence-electron chi connectivity index (χ0n) is 14.8. The first-order valence-electron chi connectivity index (χ1n) is 7.89. The van der Waals surface area contributed by atoms with Gasteiger partial charge in [0, 0.05) is 30.7 Å². The van der Waals surface area contributed by atoms with Gasteiger partial charge in [-0.2, -0.15) is 0 Å². The van der Waals surface area contributed by atoms with Crippen molar-refractivity contribution in [2.75, 3.05) is 26.5 Å². The zero-order chi connectivity index (χ0) is 19.3. The largest absolute Gasteiger partial charge is 0.496 e. The lowest BCUT2D eigenvalue weighted by Crippen LogP contribution is -2.22. The number of carbonyl (C=O) groups is 1. The average Bonchev–Trinajstić information content (AvgIpc) is 2.59. The molecule has 0 aliphatic carbocycles. The molecule has 0 spiro atoms. The Balaban J connectivity index is 2.14. The molecular weight excluding hydrogens is 420 g/mol. The zero-order valence-corrected chi connectivity index (χ0v) is 17.2. The Morgan fingerprint density at radius 3 is 2.54 bits per heavy atom. The molecule has 2 rings (SSSR count). The molecule has 2 aromatic carbocycles. The van der Waals surface area contributed by atoms with E-state index < -0.39 is 10.0 Å². The fourth-order valence-corrected chi connectivity index (χ4v) is 3.71. The van der Waals surface area contributed by atoms with Gasteiger partial charge in [0.2, 0.25) is 15.9 Å². The number of halogens is 1. The summed E-state index contributed by atoms with van der Waals surface area (Å²) in [7, 11) is 0.924. The van der Waals surface area contributed by atoms with Gasteiger partial charge in [-0.05, 0) is 48.4 Å².